The molecule has 1 aliphatic heterocycles. The maximum atomic E-state index is 11.1. The van der Waals surface area contributed by atoms with Crippen LogP contribution in [0.1, 0.15) is 24.9 Å². The van der Waals surface area contributed by atoms with Gasteiger partial charge >= 0.3 is 5.97 Å². The Kier molecular flexibility index (Phi) is 3.79. The second kappa shape index (κ2) is 5.32. The van der Waals surface area contributed by atoms with Crippen molar-refractivity contribution in [3.8, 4) is 0 Å². The van der Waals surface area contributed by atoms with E-state index in [4.69, 9.17) is 0 Å². The highest BCUT2D eigenvalue weighted by atomic mass is 16.5. The van der Waals surface area contributed by atoms with Gasteiger partial charge in [0.1, 0.15) is 0 Å². The maximum Gasteiger partial charge on any atom is 0.305 e. The summed E-state index contributed by atoms with van der Waals surface area (Å²) in [4.78, 5) is 13.5. The molecule has 3 heteroatoms. The Morgan fingerprint density at radius 3 is 2.65 bits per heavy atom. The molecule has 1 aromatic carbocycles. The zero-order valence-electron chi connectivity index (χ0n) is 10.4. The molecule has 0 radical (unpaired) electrons. The Morgan fingerprint density at radius 1 is 1.41 bits per heavy atom. The molecule has 1 saturated heterocycles. The van der Waals surface area contributed by atoms with E-state index in [0.29, 0.717) is 18.4 Å². The molecule has 1 aromatic rings. The van der Waals surface area contributed by atoms with Crippen LogP contribution in [0.2, 0.25) is 0 Å². The molecule has 1 heterocycles. The summed E-state index contributed by atoms with van der Waals surface area (Å²) in [6, 6.07) is 10.9. The third kappa shape index (κ3) is 2.86. The molecule has 1 aliphatic rings. The van der Waals surface area contributed by atoms with Crippen molar-refractivity contribution in [2.24, 2.45) is 5.92 Å². The smallest absolute Gasteiger partial charge is 0.305 e. The number of carbonyl (C=O) groups is 1. The number of esters is 1. The van der Waals surface area contributed by atoms with Crippen molar-refractivity contribution in [1.29, 1.82) is 0 Å². The largest absolute Gasteiger partial charge is 0.469 e. The lowest BCUT2D eigenvalue weighted by Gasteiger charge is -2.43. The summed E-state index contributed by atoms with van der Waals surface area (Å²) in [7, 11) is 1.45. The summed E-state index contributed by atoms with van der Waals surface area (Å²) in [6.45, 7) is 4.19. The van der Waals surface area contributed by atoms with Crippen LogP contribution in [-0.4, -0.2) is 31.1 Å². The lowest BCUT2D eigenvalue weighted by Crippen LogP contribution is -2.48. The first-order valence-electron chi connectivity index (χ1n) is 6.06. The van der Waals surface area contributed by atoms with Gasteiger partial charge in [-0.15, -0.1) is 0 Å². The molecule has 2 rings (SSSR count). The Morgan fingerprint density at radius 2 is 2.06 bits per heavy atom. The van der Waals surface area contributed by atoms with E-state index in [1.807, 2.05) is 6.07 Å². The molecule has 1 fully saturated rings. The van der Waals surface area contributed by atoms with E-state index < -0.39 is 0 Å². The number of rotatable bonds is 4. The van der Waals surface area contributed by atoms with Gasteiger partial charge in [-0.3, -0.25) is 9.69 Å². The van der Waals surface area contributed by atoms with Gasteiger partial charge in [-0.2, -0.15) is 0 Å². The molecule has 0 aromatic heterocycles. The lowest BCUT2D eigenvalue weighted by molar-refractivity contribution is -0.143. The van der Waals surface area contributed by atoms with Crippen LogP contribution in [0.25, 0.3) is 0 Å². The highest BCUT2D eigenvalue weighted by Crippen LogP contribution is 2.29. The van der Waals surface area contributed by atoms with Gasteiger partial charge in [-0.1, -0.05) is 30.3 Å². The summed E-state index contributed by atoms with van der Waals surface area (Å²) in [5.41, 5.74) is 1.34. The number of carbonyl (C=O) groups excluding carboxylic acids is 1. The number of nitrogens with zero attached hydrogens (tertiary/aromatic N) is 1. The second-order valence-corrected chi connectivity index (χ2v) is 4.69. The summed E-state index contributed by atoms with van der Waals surface area (Å²) in [6.07, 6.45) is 0.550. The summed E-state index contributed by atoms with van der Waals surface area (Å²) < 4.78 is 4.68. The van der Waals surface area contributed by atoms with Crippen LogP contribution < -0.4 is 0 Å². The molecule has 1 unspecified atom stereocenters. The monoisotopic (exact) mass is 233 g/mol. The van der Waals surface area contributed by atoms with Crippen molar-refractivity contribution in [3.63, 3.8) is 0 Å². The molecule has 0 saturated carbocycles. The van der Waals surface area contributed by atoms with Crippen molar-refractivity contribution in [2.45, 2.75) is 19.4 Å². The zero-order valence-corrected chi connectivity index (χ0v) is 10.4. The van der Waals surface area contributed by atoms with E-state index in [1.54, 1.807) is 0 Å². The van der Waals surface area contributed by atoms with Gasteiger partial charge in [0.2, 0.25) is 0 Å². The molecule has 0 amide bonds. The van der Waals surface area contributed by atoms with Crippen molar-refractivity contribution in [1.82, 2.24) is 4.90 Å². The predicted molar refractivity (Wildman–Crippen MR) is 66.6 cm³/mol. The van der Waals surface area contributed by atoms with E-state index in [1.165, 1.54) is 12.7 Å². The summed E-state index contributed by atoms with van der Waals surface area (Å²) >= 11 is 0. The average Bonchev–Trinajstić information content (AvgIpc) is 2.33. The first-order valence-corrected chi connectivity index (χ1v) is 6.06. The Balaban J connectivity index is 1.82. The molecule has 0 bridgehead atoms. The van der Waals surface area contributed by atoms with Crippen molar-refractivity contribution in [2.75, 3.05) is 20.2 Å². The quantitative estimate of drug-likeness (QED) is 0.747. The zero-order chi connectivity index (χ0) is 12.3. The van der Waals surface area contributed by atoms with Gasteiger partial charge in [0.25, 0.3) is 0 Å². The summed E-state index contributed by atoms with van der Waals surface area (Å²) in [5, 5.41) is 0. The molecule has 17 heavy (non-hydrogen) atoms. The minimum absolute atomic E-state index is 0.0954. The second-order valence-electron chi connectivity index (χ2n) is 4.69. The van der Waals surface area contributed by atoms with Crippen LogP contribution in [0.15, 0.2) is 30.3 Å². The van der Waals surface area contributed by atoms with Crippen LogP contribution in [0.5, 0.6) is 0 Å². The molecular formula is C14H19NO2. The van der Waals surface area contributed by atoms with Gasteiger partial charge in [0.15, 0.2) is 0 Å². The standard InChI is InChI=1S/C14H19NO2/c1-11(13-6-4-3-5-7-13)15-9-12(10-15)8-14(16)17-2/h3-7,11-12H,8-10H2,1-2H3. The van der Waals surface area contributed by atoms with Gasteiger partial charge in [0, 0.05) is 19.1 Å². The first-order chi connectivity index (χ1) is 8.20. The normalized spacial score (nSPS) is 18.5. The summed E-state index contributed by atoms with van der Waals surface area (Å²) in [5.74, 6) is 0.371. The average molecular weight is 233 g/mol. The van der Waals surface area contributed by atoms with E-state index in [9.17, 15) is 4.79 Å². The van der Waals surface area contributed by atoms with Gasteiger partial charge in [0.05, 0.1) is 13.5 Å². The SMILES string of the molecule is COC(=O)CC1CN(C(C)c2ccccc2)C1. The van der Waals surface area contributed by atoms with Crippen molar-refractivity contribution in [3.05, 3.63) is 35.9 Å². The van der Waals surface area contributed by atoms with Crippen LogP contribution in [0.3, 0.4) is 0 Å². The maximum absolute atomic E-state index is 11.1. The number of hydrogen-bond donors (Lipinski definition) is 0. The molecule has 0 spiro atoms. The Bertz CT molecular complexity index is 371. The Labute approximate surface area is 102 Å². The molecule has 0 N–H and O–H groups in total. The highest BCUT2D eigenvalue weighted by molar-refractivity contribution is 5.69. The van der Waals surface area contributed by atoms with Crippen LogP contribution >= 0.6 is 0 Å². The van der Waals surface area contributed by atoms with Crippen molar-refractivity contribution < 1.29 is 9.53 Å². The minimum Gasteiger partial charge on any atom is -0.469 e. The van der Waals surface area contributed by atoms with Crippen LogP contribution in [-0.2, 0) is 9.53 Å². The van der Waals surface area contributed by atoms with Crippen molar-refractivity contribution >= 4 is 5.97 Å². The molecule has 0 aliphatic carbocycles. The predicted octanol–water partition coefficient (Wildman–Crippen LogP) is 2.24. The van der Waals surface area contributed by atoms with Gasteiger partial charge < -0.3 is 4.74 Å². The third-order valence-electron chi connectivity index (χ3n) is 3.50. The number of benzene rings is 1. The van der Waals surface area contributed by atoms with E-state index in [0.717, 1.165) is 13.1 Å². The number of ether oxygens (including phenoxy) is 1. The topological polar surface area (TPSA) is 29.5 Å². The molecule has 3 nitrogen and oxygen atoms in total. The van der Waals surface area contributed by atoms with E-state index >= 15 is 0 Å². The highest BCUT2D eigenvalue weighted by Gasteiger charge is 2.32. The number of hydrogen-bond acceptors (Lipinski definition) is 3. The van der Waals surface area contributed by atoms with E-state index in [2.05, 4.69) is 40.8 Å². The minimum atomic E-state index is -0.0954. The van der Waals surface area contributed by atoms with Gasteiger partial charge in [-0.05, 0) is 18.4 Å². The van der Waals surface area contributed by atoms with E-state index in [-0.39, 0.29) is 5.97 Å². The number of methoxy groups -OCH3 is 1. The fourth-order valence-electron chi connectivity index (χ4n) is 2.32. The van der Waals surface area contributed by atoms with Crippen LogP contribution in [0.4, 0.5) is 0 Å². The molecule has 92 valence electrons. The van der Waals surface area contributed by atoms with Gasteiger partial charge in [-0.25, -0.2) is 0 Å². The van der Waals surface area contributed by atoms with Crippen LogP contribution in [0, 0.1) is 5.92 Å². The fourth-order valence-corrected chi connectivity index (χ4v) is 2.32. The lowest BCUT2D eigenvalue weighted by atomic mass is 9.92. The molecular weight excluding hydrogens is 214 g/mol. The first kappa shape index (κ1) is 12.1. The number of likely N-dealkylation sites (tertiary alicyclic amines) is 1. The Hall–Kier alpha value is -1.35. The molecule has 1 atom stereocenters. The third-order valence-corrected chi connectivity index (χ3v) is 3.50. The fraction of sp³-hybridized carbons (Fsp3) is 0.500.